The molecule has 0 spiro atoms. The molecule has 24 nitrogen and oxygen atoms in total. The summed E-state index contributed by atoms with van der Waals surface area (Å²) in [5.74, 6) is 0. The van der Waals surface area contributed by atoms with Crippen molar-refractivity contribution in [2.45, 2.75) is 0 Å². The maximum absolute atomic E-state index is 9.00. The number of urea groups is 6. The first kappa shape index (κ1) is 57.1. The minimum absolute atomic E-state index is 0. The summed E-state index contributed by atoms with van der Waals surface area (Å²) in [5.41, 5.74) is 51.0. The zero-order valence-corrected chi connectivity index (χ0v) is 19.2. The van der Waals surface area contributed by atoms with E-state index < -0.39 is 57.8 Å². The van der Waals surface area contributed by atoms with Crippen molar-refractivity contribution in [1.82, 2.24) is 0 Å². The van der Waals surface area contributed by atoms with Crippen LogP contribution < -0.4 is 96.8 Å². The maximum atomic E-state index is 9.00. The van der Waals surface area contributed by atoms with Crippen LogP contribution in [0.25, 0.3) is 0 Å². The number of carbonyl (C=O) groups excluding carboxylic acids is 6. The molecular weight excluding hydrogens is 527 g/mol. The van der Waals surface area contributed by atoms with Gasteiger partial charge in [-0.05, 0) is 0 Å². The van der Waals surface area contributed by atoms with Gasteiger partial charge in [-0.15, -0.1) is 0 Å². The Morgan fingerprint density at radius 2 is 0.333 bits per heavy atom. The van der Waals surface area contributed by atoms with Crippen LogP contribution in [-0.4, -0.2) is 59.2 Å². The third-order valence-corrected chi connectivity index (χ3v) is 0. The number of carbonyl (C=O) groups is 6. The van der Waals surface area contributed by atoms with Crippen LogP contribution in [0.1, 0.15) is 0 Å². The van der Waals surface area contributed by atoms with E-state index >= 15 is 0 Å². The van der Waals surface area contributed by atoms with Crippen LogP contribution in [0.4, 0.5) is 28.8 Å². The molecule has 0 saturated carbocycles. The number of hydrogen-bond donors (Lipinski definition) is 12. The molecule has 33 heavy (non-hydrogen) atoms. The fourth-order valence-electron chi connectivity index (χ4n) is 0. The van der Waals surface area contributed by atoms with Crippen molar-refractivity contribution in [2.24, 2.45) is 68.8 Å². The van der Waals surface area contributed by atoms with Crippen LogP contribution in [0.2, 0.25) is 0 Å². The zero-order valence-electron chi connectivity index (χ0n) is 16.3. The van der Waals surface area contributed by atoms with Gasteiger partial charge in [0.05, 0.1) is 21.6 Å². The van der Waals surface area contributed by atoms with E-state index in [1.54, 1.807) is 0 Å². The van der Waals surface area contributed by atoms with Crippen LogP contribution in [0.5, 0.6) is 0 Å². The molecule has 0 aromatic heterocycles. The molecule has 0 bridgehead atoms. The molecule has 0 aromatic rings. The molecule has 0 radical (unpaired) electrons. The summed E-state index contributed by atoms with van der Waals surface area (Å²) in [6, 6.07) is -5.00. The van der Waals surface area contributed by atoms with Gasteiger partial charge < -0.3 is 96.8 Å². The van der Waals surface area contributed by atoms with Crippen LogP contribution >= 0.6 is 0 Å². The fraction of sp³-hybridized carbons (Fsp3) is 0. The Kier molecular flexibility index (Phi) is 89.0. The largest absolute Gasteiger partial charge is 2.00 e. The molecule has 196 valence electrons. The average molecular weight is 552 g/mol. The van der Waals surface area contributed by atoms with E-state index in [2.05, 4.69) is 68.8 Å². The van der Waals surface area contributed by atoms with Gasteiger partial charge >= 0.3 is 59.2 Å². The molecule has 0 aromatic carbocycles. The van der Waals surface area contributed by atoms with Gasteiger partial charge in [-0.1, -0.05) is 0 Å². The van der Waals surface area contributed by atoms with E-state index in [9.17, 15) is 0 Å². The molecular formula is C6H24Cl2MgN12O12. The monoisotopic (exact) mass is 550 g/mol. The van der Waals surface area contributed by atoms with Crippen molar-refractivity contribution in [2.75, 3.05) is 0 Å². The standard InChI is InChI=1S/6CH4N2O.2ClO3.Mg/c8*2-1(3)4;/h6*(H4,2,3,4);;;/q;;;;;;2*-1;+2. The molecule has 12 amide bonds. The quantitative estimate of drug-likeness (QED) is 0.125. The van der Waals surface area contributed by atoms with Crippen molar-refractivity contribution < 1.29 is 78.3 Å². The Morgan fingerprint density at radius 3 is 0.333 bits per heavy atom. The van der Waals surface area contributed by atoms with Crippen molar-refractivity contribution in [3.8, 4) is 0 Å². The van der Waals surface area contributed by atoms with Crippen LogP contribution in [0.3, 0.4) is 0 Å². The van der Waals surface area contributed by atoms with E-state index in [-0.39, 0.29) is 23.1 Å². The minimum Gasteiger partial charge on any atom is -0.357 e. The van der Waals surface area contributed by atoms with Gasteiger partial charge in [-0.25, -0.2) is 28.8 Å². The molecule has 0 unspecified atom stereocenters. The maximum Gasteiger partial charge on any atom is 2.00 e. The van der Waals surface area contributed by atoms with E-state index in [4.69, 9.17) is 56.7 Å². The number of primary amides is 12. The van der Waals surface area contributed by atoms with Gasteiger partial charge in [0.2, 0.25) is 0 Å². The smallest absolute Gasteiger partial charge is 0.357 e. The van der Waals surface area contributed by atoms with Crippen LogP contribution in [0.15, 0.2) is 0 Å². The fourth-order valence-corrected chi connectivity index (χ4v) is 0. The SMILES string of the molecule is NC(N)=O.NC(N)=O.NC(N)=O.NC(N)=O.NC(N)=O.NC(N)=O.[Mg+2].[O-][Cl+2]([O-])[O-].[O-][Cl+2]([O-])[O-]. The zero-order chi connectivity index (χ0) is 28.6. The first-order valence-electron chi connectivity index (χ1n) is 5.61. The Bertz CT molecular complexity index is 359. The van der Waals surface area contributed by atoms with Crippen molar-refractivity contribution >= 4 is 59.2 Å². The number of nitrogens with two attached hydrogens (primary N) is 12. The Balaban J connectivity index is -0.0000000284. The number of rotatable bonds is 0. The van der Waals surface area contributed by atoms with Crippen LogP contribution in [0, 0.1) is 21.6 Å². The van der Waals surface area contributed by atoms with Gasteiger partial charge in [-0.2, -0.15) is 0 Å². The van der Waals surface area contributed by atoms with Gasteiger partial charge in [0.1, 0.15) is 0 Å². The second-order valence-corrected chi connectivity index (χ2v) is 3.55. The predicted molar refractivity (Wildman–Crippen MR) is 88.4 cm³/mol. The van der Waals surface area contributed by atoms with Crippen LogP contribution in [-0.2, 0) is 0 Å². The summed E-state index contributed by atoms with van der Waals surface area (Å²) < 4.78 is 50.4. The summed E-state index contributed by atoms with van der Waals surface area (Å²) in [7, 11) is -5.70. The molecule has 0 aliphatic rings. The molecule has 0 saturated heterocycles. The van der Waals surface area contributed by atoms with Crippen molar-refractivity contribution in [1.29, 1.82) is 0 Å². The summed E-state index contributed by atoms with van der Waals surface area (Å²) in [4.78, 5) is 54.0. The summed E-state index contributed by atoms with van der Waals surface area (Å²) in [5, 5.41) is 0. The van der Waals surface area contributed by atoms with Gasteiger partial charge in [0.15, 0.2) is 0 Å². The number of amides is 12. The Morgan fingerprint density at radius 1 is 0.333 bits per heavy atom. The molecule has 0 heterocycles. The first-order valence-corrected chi connectivity index (χ1v) is 7.47. The van der Waals surface area contributed by atoms with Crippen molar-refractivity contribution in [3.63, 3.8) is 0 Å². The molecule has 0 aliphatic carbocycles. The summed E-state index contributed by atoms with van der Waals surface area (Å²) in [6.07, 6.45) is 0. The molecule has 24 N–H and O–H groups in total. The Hall–Kier alpha value is -3.27. The normalized spacial score (nSPS) is 6.55. The molecule has 0 fully saturated rings. The van der Waals surface area contributed by atoms with E-state index in [1.807, 2.05) is 0 Å². The third-order valence-electron chi connectivity index (χ3n) is 0. The van der Waals surface area contributed by atoms with E-state index in [1.165, 1.54) is 0 Å². The molecule has 27 heteroatoms. The predicted octanol–water partition coefficient (Wildman–Crippen LogP) is -13.4. The number of halogens is 2. The Labute approximate surface area is 206 Å². The van der Waals surface area contributed by atoms with Gasteiger partial charge in [0, 0.05) is 0 Å². The minimum atomic E-state index is -2.85. The van der Waals surface area contributed by atoms with Gasteiger partial charge in [-0.3, -0.25) is 0 Å². The number of hydrogen-bond acceptors (Lipinski definition) is 12. The van der Waals surface area contributed by atoms with Gasteiger partial charge in [0.25, 0.3) is 0 Å². The molecule has 0 aliphatic heterocycles. The molecule has 0 rings (SSSR count). The van der Waals surface area contributed by atoms with Crippen molar-refractivity contribution in [3.05, 3.63) is 0 Å². The summed E-state index contributed by atoms with van der Waals surface area (Å²) in [6.45, 7) is 0. The van der Waals surface area contributed by atoms with E-state index in [0.717, 1.165) is 0 Å². The third kappa shape index (κ3) is 1910. The second-order valence-electron chi connectivity index (χ2n) is 2.79. The molecule has 0 atom stereocenters. The first-order chi connectivity index (χ1) is 13.9. The topological polar surface area (TPSA) is 553 Å². The second kappa shape index (κ2) is 51.4. The summed E-state index contributed by atoms with van der Waals surface area (Å²) >= 11 is 0. The van der Waals surface area contributed by atoms with E-state index in [0.29, 0.717) is 0 Å². The average Bonchev–Trinajstić information content (AvgIpc) is 2.30.